The monoisotopic (exact) mass is 292 g/mol. The van der Waals surface area contributed by atoms with E-state index in [4.69, 9.17) is 10.8 Å². The summed E-state index contributed by atoms with van der Waals surface area (Å²) >= 11 is 0. The molecule has 0 aromatic heterocycles. The predicted octanol–water partition coefficient (Wildman–Crippen LogP) is 1.52. The molecule has 21 heavy (non-hydrogen) atoms. The van der Waals surface area contributed by atoms with Gasteiger partial charge in [0.15, 0.2) is 0 Å². The molecular formula is C16H24N2O3. The third-order valence-electron chi connectivity index (χ3n) is 3.13. The van der Waals surface area contributed by atoms with Gasteiger partial charge in [-0.2, -0.15) is 0 Å². The Labute approximate surface area is 125 Å². The Bertz CT molecular complexity index is 460. The summed E-state index contributed by atoms with van der Waals surface area (Å²) in [7, 11) is 0. The van der Waals surface area contributed by atoms with E-state index >= 15 is 0 Å². The van der Waals surface area contributed by atoms with E-state index in [2.05, 4.69) is 0 Å². The average molecular weight is 292 g/mol. The smallest absolute Gasteiger partial charge is 0.323 e. The third kappa shape index (κ3) is 6.40. The van der Waals surface area contributed by atoms with Crippen LogP contribution in [0.1, 0.15) is 25.8 Å². The molecule has 1 unspecified atom stereocenters. The summed E-state index contributed by atoms with van der Waals surface area (Å²) < 4.78 is 0. The van der Waals surface area contributed by atoms with Crippen molar-refractivity contribution < 1.29 is 14.7 Å². The van der Waals surface area contributed by atoms with E-state index in [-0.39, 0.29) is 18.4 Å². The van der Waals surface area contributed by atoms with Crippen LogP contribution in [0.4, 0.5) is 0 Å². The zero-order chi connectivity index (χ0) is 15.8. The third-order valence-corrected chi connectivity index (χ3v) is 3.13. The lowest BCUT2D eigenvalue weighted by Gasteiger charge is -2.25. The fourth-order valence-corrected chi connectivity index (χ4v) is 2.16. The van der Waals surface area contributed by atoms with Gasteiger partial charge in [0, 0.05) is 6.54 Å². The van der Waals surface area contributed by atoms with Crippen LogP contribution in [0.25, 0.3) is 0 Å². The van der Waals surface area contributed by atoms with E-state index in [9.17, 15) is 9.59 Å². The van der Waals surface area contributed by atoms with E-state index in [1.165, 1.54) is 4.90 Å². The quantitative estimate of drug-likeness (QED) is 0.761. The van der Waals surface area contributed by atoms with Crippen LogP contribution in [0.15, 0.2) is 30.3 Å². The number of carbonyl (C=O) groups excluding carboxylic acids is 1. The Balaban J connectivity index is 2.58. The van der Waals surface area contributed by atoms with Crippen LogP contribution in [0.5, 0.6) is 0 Å². The minimum atomic E-state index is -1.01. The molecule has 0 spiro atoms. The molecule has 1 aromatic carbocycles. The molecule has 0 aliphatic heterocycles. The molecule has 0 radical (unpaired) electrons. The molecule has 3 N–H and O–H groups in total. The molecule has 1 rings (SSSR count). The van der Waals surface area contributed by atoms with Gasteiger partial charge in [-0.3, -0.25) is 9.59 Å². The SMILES string of the molecule is CC(C)CN(CC(=O)O)C(=O)C(N)CCc1ccccc1. The zero-order valence-corrected chi connectivity index (χ0v) is 12.7. The minimum Gasteiger partial charge on any atom is -0.480 e. The number of amides is 1. The number of nitrogens with two attached hydrogens (primary N) is 1. The second-order valence-electron chi connectivity index (χ2n) is 5.64. The van der Waals surface area contributed by atoms with Gasteiger partial charge in [-0.25, -0.2) is 0 Å². The van der Waals surface area contributed by atoms with Crippen LogP contribution in [0.2, 0.25) is 0 Å². The Morgan fingerprint density at radius 2 is 1.86 bits per heavy atom. The van der Waals surface area contributed by atoms with Crippen molar-refractivity contribution in [2.75, 3.05) is 13.1 Å². The van der Waals surface area contributed by atoms with Gasteiger partial charge < -0.3 is 15.7 Å². The number of carbonyl (C=O) groups is 2. The zero-order valence-electron chi connectivity index (χ0n) is 12.7. The first-order valence-electron chi connectivity index (χ1n) is 7.20. The van der Waals surface area contributed by atoms with Crippen molar-refractivity contribution in [3.05, 3.63) is 35.9 Å². The lowest BCUT2D eigenvalue weighted by Crippen LogP contribution is -2.47. The van der Waals surface area contributed by atoms with Crippen molar-refractivity contribution in [3.8, 4) is 0 Å². The Morgan fingerprint density at radius 1 is 1.24 bits per heavy atom. The van der Waals surface area contributed by atoms with Crippen LogP contribution in [0.3, 0.4) is 0 Å². The predicted molar refractivity (Wildman–Crippen MR) is 81.8 cm³/mol. The second-order valence-corrected chi connectivity index (χ2v) is 5.64. The molecule has 5 heteroatoms. The highest BCUT2D eigenvalue weighted by Gasteiger charge is 2.23. The van der Waals surface area contributed by atoms with E-state index < -0.39 is 12.0 Å². The van der Waals surface area contributed by atoms with Gasteiger partial charge in [-0.15, -0.1) is 0 Å². The van der Waals surface area contributed by atoms with E-state index in [0.717, 1.165) is 5.56 Å². The van der Waals surface area contributed by atoms with Crippen molar-refractivity contribution in [2.24, 2.45) is 11.7 Å². The molecule has 1 amide bonds. The maximum absolute atomic E-state index is 12.3. The summed E-state index contributed by atoms with van der Waals surface area (Å²) in [6.07, 6.45) is 1.22. The number of carboxylic acid groups (broad SMARTS) is 1. The van der Waals surface area contributed by atoms with Crippen LogP contribution in [0, 0.1) is 5.92 Å². The molecule has 0 aliphatic carbocycles. The summed E-state index contributed by atoms with van der Waals surface area (Å²) in [5.41, 5.74) is 7.05. The number of hydrogen-bond donors (Lipinski definition) is 2. The summed E-state index contributed by atoms with van der Waals surface area (Å²) in [5, 5.41) is 8.90. The second kappa shape index (κ2) is 8.42. The molecule has 0 fully saturated rings. The fourth-order valence-electron chi connectivity index (χ4n) is 2.16. The van der Waals surface area contributed by atoms with Crippen molar-refractivity contribution in [1.29, 1.82) is 0 Å². The molecule has 0 aliphatic rings. The first-order valence-corrected chi connectivity index (χ1v) is 7.20. The first-order chi connectivity index (χ1) is 9.90. The van der Waals surface area contributed by atoms with Gasteiger partial charge in [-0.05, 0) is 24.3 Å². The van der Waals surface area contributed by atoms with Gasteiger partial charge in [0.2, 0.25) is 5.91 Å². The van der Waals surface area contributed by atoms with Gasteiger partial charge in [-0.1, -0.05) is 44.2 Å². The van der Waals surface area contributed by atoms with Gasteiger partial charge in [0.25, 0.3) is 0 Å². The topological polar surface area (TPSA) is 83.6 Å². The molecule has 0 saturated carbocycles. The van der Waals surface area contributed by atoms with E-state index in [0.29, 0.717) is 19.4 Å². The lowest BCUT2D eigenvalue weighted by atomic mass is 10.0. The molecule has 5 nitrogen and oxygen atoms in total. The summed E-state index contributed by atoms with van der Waals surface area (Å²) in [5.74, 6) is -1.10. The molecule has 0 saturated heterocycles. The van der Waals surface area contributed by atoms with Crippen molar-refractivity contribution >= 4 is 11.9 Å². The van der Waals surface area contributed by atoms with Gasteiger partial charge >= 0.3 is 5.97 Å². The lowest BCUT2D eigenvalue weighted by molar-refractivity contribution is -0.145. The maximum atomic E-state index is 12.3. The number of carboxylic acids is 1. The molecule has 1 aromatic rings. The summed E-state index contributed by atoms with van der Waals surface area (Å²) in [6.45, 7) is 4.00. The van der Waals surface area contributed by atoms with Crippen molar-refractivity contribution in [1.82, 2.24) is 4.90 Å². The summed E-state index contributed by atoms with van der Waals surface area (Å²) in [4.78, 5) is 24.5. The standard InChI is InChI=1S/C16H24N2O3/c1-12(2)10-18(11-15(19)20)16(21)14(17)9-8-13-6-4-3-5-7-13/h3-7,12,14H,8-11,17H2,1-2H3,(H,19,20). The molecule has 1 atom stereocenters. The Hall–Kier alpha value is -1.88. The normalized spacial score (nSPS) is 12.2. The van der Waals surface area contributed by atoms with Crippen LogP contribution < -0.4 is 5.73 Å². The van der Waals surface area contributed by atoms with Crippen LogP contribution in [-0.4, -0.2) is 41.0 Å². The first kappa shape index (κ1) is 17.2. The van der Waals surface area contributed by atoms with Crippen molar-refractivity contribution in [3.63, 3.8) is 0 Å². The minimum absolute atomic E-state index is 0.203. The van der Waals surface area contributed by atoms with E-state index in [1.54, 1.807) is 0 Å². The van der Waals surface area contributed by atoms with Crippen molar-refractivity contribution in [2.45, 2.75) is 32.7 Å². The van der Waals surface area contributed by atoms with Gasteiger partial charge in [0.05, 0.1) is 6.04 Å². The number of aliphatic carboxylic acids is 1. The highest BCUT2D eigenvalue weighted by atomic mass is 16.4. The largest absolute Gasteiger partial charge is 0.480 e. The molecular weight excluding hydrogens is 268 g/mol. The van der Waals surface area contributed by atoms with Crippen LogP contribution in [-0.2, 0) is 16.0 Å². The molecule has 0 heterocycles. The fraction of sp³-hybridized carbons (Fsp3) is 0.500. The highest BCUT2D eigenvalue weighted by Crippen LogP contribution is 2.07. The highest BCUT2D eigenvalue weighted by molar-refractivity contribution is 5.85. The Morgan fingerprint density at radius 3 is 2.38 bits per heavy atom. The molecule has 0 bridgehead atoms. The number of aryl methyl sites for hydroxylation is 1. The molecule has 116 valence electrons. The van der Waals surface area contributed by atoms with E-state index in [1.807, 2.05) is 44.2 Å². The van der Waals surface area contributed by atoms with Crippen LogP contribution >= 0.6 is 0 Å². The summed E-state index contributed by atoms with van der Waals surface area (Å²) in [6, 6.07) is 9.13. The number of benzene rings is 1. The number of hydrogen-bond acceptors (Lipinski definition) is 3. The maximum Gasteiger partial charge on any atom is 0.323 e. The number of nitrogens with zero attached hydrogens (tertiary/aromatic N) is 1. The number of rotatable bonds is 8. The van der Waals surface area contributed by atoms with Gasteiger partial charge in [0.1, 0.15) is 6.54 Å². The Kier molecular flexibility index (Phi) is 6.88. The average Bonchev–Trinajstić information content (AvgIpc) is 2.43.